The van der Waals surface area contributed by atoms with Crippen LogP contribution in [0.2, 0.25) is 0 Å². The smallest absolute Gasteiger partial charge is 0.358 e. The number of aromatic carboxylic acids is 1. The SMILES string of the molecule is NC1(C(=O)NCCn2cc(C(=O)O)nn2)CCCC1. The first kappa shape index (κ1) is 13.5. The summed E-state index contributed by atoms with van der Waals surface area (Å²) in [5.74, 6) is -1.27. The number of carboxylic acids is 1. The van der Waals surface area contributed by atoms with Crippen LogP contribution in [0.3, 0.4) is 0 Å². The summed E-state index contributed by atoms with van der Waals surface area (Å²) >= 11 is 0. The lowest BCUT2D eigenvalue weighted by Crippen LogP contribution is -2.52. The van der Waals surface area contributed by atoms with Gasteiger partial charge in [0.05, 0.1) is 18.3 Å². The summed E-state index contributed by atoms with van der Waals surface area (Å²) in [7, 11) is 0. The molecule has 0 radical (unpaired) electrons. The van der Waals surface area contributed by atoms with E-state index in [1.165, 1.54) is 10.9 Å². The zero-order chi connectivity index (χ0) is 13.9. The largest absolute Gasteiger partial charge is 0.476 e. The number of nitrogens with two attached hydrogens (primary N) is 1. The van der Waals surface area contributed by atoms with Gasteiger partial charge in [-0.25, -0.2) is 9.48 Å². The van der Waals surface area contributed by atoms with E-state index in [-0.39, 0.29) is 11.6 Å². The third-order valence-corrected chi connectivity index (χ3v) is 3.33. The Morgan fingerprint density at radius 2 is 2.16 bits per heavy atom. The predicted molar refractivity (Wildman–Crippen MR) is 65.4 cm³/mol. The van der Waals surface area contributed by atoms with Crippen molar-refractivity contribution in [3.05, 3.63) is 11.9 Å². The van der Waals surface area contributed by atoms with Crippen LogP contribution in [0.4, 0.5) is 0 Å². The summed E-state index contributed by atoms with van der Waals surface area (Å²) in [6.07, 6.45) is 4.71. The Hall–Kier alpha value is -1.96. The molecule has 0 saturated heterocycles. The molecule has 0 spiro atoms. The van der Waals surface area contributed by atoms with E-state index in [1.807, 2.05) is 0 Å². The Bertz CT molecular complexity index is 478. The molecule has 0 aliphatic heterocycles. The number of carboxylic acid groups (broad SMARTS) is 1. The Morgan fingerprint density at radius 3 is 2.74 bits per heavy atom. The fraction of sp³-hybridized carbons (Fsp3) is 0.636. The zero-order valence-electron chi connectivity index (χ0n) is 10.5. The van der Waals surface area contributed by atoms with Crippen LogP contribution in [0.25, 0.3) is 0 Å². The third kappa shape index (κ3) is 3.08. The van der Waals surface area contributed by atoms with Crippen molar-refractivity contribution in [2.24, 2.45) is 5.73 Å². The van der Waals surface area contributed by atoms with E-state index in [1.54, 1.807) is 0 Å². The molecule has 0 unspecified atom stereocenters. The van der Waals surface area contributed by atoms with Gasteiger partial charge in [-0.05, 0) is 12.8 Å². The van der Waals surface area contributed by atoms with E-state index in [0.29, 0.717) is 25.9 Å². The minimum Gasteiger partial charge on any atom is -0.476 e. The molecular formula is C11H17N5O3. The lowest BCUT2D eigenvalue weighted by atomic mass is 9.98. The molecule has 8 nitrogen and oxygen atoms in total. The Balaban J connectivity index is 1.79. The molecule has 2 rings (SSSR count). The van der Waals surface area contributed by atoms with Gasteiger partial charge in [-0.3, -0.25) is 4.79 Å². The molecule has 1 aromatic rings. The molecule has 1 aromatic heterocycles. The van der Waals surface area contributed by atoms with E-state index in [4.69, 9.17) is 10.8 Å². The van der Waals surface area contributed by atoms with Gasteiger partial charge in [0.1, 0.15) is 0 Å². The fourth-order valence-electron chi connectivity index (χ4n) is 2.20. The highest BCUT2D eigenvalue weighted by Crippen LogP contribution is 2.26. The summed E-state index contributed by atoms with van der Waals surface area (Å²) in [6.45, 7) is 0.711. The quantitative estimate of drug-likeness (QED) is 0.652. The van der Waals surface area contributed by atoms with E-state index < -0.39 is 11.5 Å². The van der Waals surface area contributed by atoms with Crippen LogP contribution in [0, 0.1) is 0 Å². The second-order valence-corrected chi connectivity index (χ2v) is 4.79. The summed E-state index contributed by atoms with van der Waals surface area (Å²) in [5.41, 5.74) is 5.15. The number of hydrogen-bond acceptors (Lipinski definition) is 5. The van der Waals surface area contributed by atoms with E-state index in [0.717, 1.165) is 12.8 Å². The molecule has 1 saturated carbocycles. The molecule has 4 N–H and O–H groups in total. The van der Waals surface area contributed by atoms with Crippen molar-refractivity contribution < 1.29 is 14.7 Å². The Labute approximate surface area is 110 Å². The summed E-state index contributed by atoms with van der Waals surface area (Å²) in [5, 5.41) is 18.6. The number of hydrogen-bond donors (Lipinski definition) is 3. The molecule has 19 heavy (non-hydrogen) atoms. The summed E-state index contributed by atoms with van der Waals surface area (Å²) in [4.78, 5) is 22.5. The second kappa shape index (κ2) is 5.35. The number of amides is 1. The lowest BCUT2D eigenvalue weighted by molar-refractivity contribution is -0.126. The van der Waals surface area contributed by atoms with Crippen LogP contribution in [-0.2, 0) is 11.3 Å². The molecule has 1 amide bonds. The van der Waals surface area contributed by atoms with Crippen LogP contribution in [0.5, 0.6) is 0 Å². The molecule has 1 fully saturated rings. The number of nitrogens with one attached hydrogen (secondary N) is 1. The maximum absolute atomic E-state index is 11.9. The normalized spacial score (nSPS) is 17.3. The van der Waals surface area contributed by atoms with Crippen molar-refractivity contribution in [2.45, 2.75) is 37.8 Å². The standard InChI is InChI=1S/C11H17N5O3/c12-11(3-1-2-4-11)10(19)13-5-6-16-7-8(9(17)18)14-15-16/h7H,1-6,12H2,(H,13,19)(H,17,18). The first-order valence-electron chi connectivity index (χ1n) is 6.22. The van der Waals surface area contributed by atoms with Crippen LogP contribution >= 0.6 is 0 Å². The third-order valence-electron chi connectivity index (χ3n) is 3.33. The minimum absolute atomic E-state index is 0.114. The van der Waals surface area contributed by atoms with Crippen molar-refractivity contribution in [3.63, 3.8) is 0 Å². The van der Waals surface area contributed by atoms with Gasteiger partial charge in [-0.2, -0.15) is 0 Å². The molecule has 8 heteroatoms. The predicted octanol–water partition coefficient (Wildman–Crippen LogP) is -0.636. The maximum atomic E-state index is 11.9. The van der Waals surface area contributed by atoms with Gasteiger partial charge in [0.15, 0.2) is 5.69 Å². The van der Waals surface area contributed by atoms with Crippen LogP contribution in [0.15, 0.2) is 6.20 Å². The zero-order valence-corrected chi connectivity index (χ0v) is 10.5. The number of aromatic nitrogens is 3. The number of carbonyl (C=O) groups is 2. The van der Waals surface area contributed by atoms with Gasteiger partial charge in [0.2, 0.25) is 5.91 Å². The van der Waals surface area contributed by atoms with Crippen LogP contribution in [0.1, 0.15) is 36.2 Å². The van der Waals surface area contributed by atoms with Crippen LogP contribution in [-0.4, -0.2) is 44.1 Å². The molecule has 1 heterocycles. The maximum Gasteiger partial charge on any atom is 0.358 e. The Morgan fingerprint density at radius 1 is 1.47 bits per heavy atom. The second-order valence-electron chi connectivity index (χ2n) is 4.79. The molecule has 0 atom stereocenters. The van der Waals surface area contributed by atoms with E-state index in [2.05, 4.69) is 15.6 Å². The monoisotopic (exact) mass is 267 g/mol. The topological polar surface area (TPSA) is 123 Å². The van der Waals surface area contributed by atoms with Gasteiger partial charge in [0.25, 0.3) is 0 Å². The minimum atomic E-state index is -1.12. The summed E-state index contributed by atoms with van der Waals surface area (Å²) < 4.78 is 1.38. The number of rotatable bonds is 5. The van der Waals surface area contributed by atoms with E-state index >= 15 is 0 Å². The van der Waals surface area contributed by atoms with Gasteiger partial charge in [0, 0.05) is 6.54 Å². The van der Waals surface area contributed by atoms with Crippen molar-refractivity contribution >= 4 is 11.9 Å². The number of nitrogens with zero attached hydrogens (tertiary/aromatic N) is 3. The molecule has 0 aromatic carbocycles. The molecular weight excluding hydrogens is 250 g/mol. The van der Waals surface area contributed by atoms with E-state index in [9.17, 15) is 9.59 Å². The first-order valence-corrected chi connectivity index (χ1v) is 6.22. The average Bonchev–Trinajstić information content (AvgIpc) is 2.99. The summed E-state index contributed by atoms with van der Waals surface area (Å²) in [6, 6.07) is 0. The van der Waals surface area contributed by atoms with Gasteiger partial charge < -0.3 is 16.2 Å². The van der Waals surface area contributed by atoms with Crippen molar-refractivity contribution in [1.82, 2.24) is 20.3 Å². The molecule has 1 aliphatic carbocycles. The number of carbonyl (C=O) groups excluding carboxylic acids is 1. The van der Waals surface area contributed by atoms with Crippen molar-refractivity contribution in [2.75, 3.05) is 6.54 Å². The first-order chi connectivity index (χ1) is 9.01. The fourth-order valence-corrected chi connectivity index (χ4v) is 2.20. The van der Waals surface area contributed by atoms with Gasteiger partial charge >= 0.3 is 5.97 Å². The van der Waals surface area contributed by atoms with Gasteiger partial charge in [-0.1, -0.05) is 18.1 Å². The highest BCUT2D eigenvalue weighted by atomic mass is 16.4. The highest BCUT2D eigenvalue weighted by Gasteiger charge is 2.36. The van der Waals surface area contributed by atoms with Gasteiger partial charge in [-0.15, -0.1) is 5.10 Å². The average molecular weight is 267 g/mol. The van der Waals surface area contributed by atoms with Crippen LogP contribution < -0.4 is 11.1 Å². The molecule has 1 aliphatic rings. The Kier molecular flexibility index (Phi) is 3.79. The highest BCUT2D eigenvalue weighted by molar-refractivity contribution is 5.86. The van der Waals surface area contributed by atoms with Crippen molar-refractivity contribution in [1.29, 1.82) is 0 Å². The molecule has 0 bridgehead atoms. The lowest BCUT2D eigenvalue weighted by Gasteiger charge is -2.22. The molecule has 104 valence electrons. The van der Waals surface area contributed by atoms with Crippen molar-refractivity contribution in [3.8, 4) is 0 Å².